The normalized spacial score (nSPS) is 10.6. The number of anilines is 2. The number of hydrogen-bond donors (Lipinski definition) is 2. The largest absolute Gasteiger partial charge is 0.490 e. The molecule has 172 valence electrons. The molecule has 0 aliphatic carbocycles. The number of benzene rings is 2. The lowest BCUT2D eigenvalue weighted by atomic mass is 10.1. The molecule has 0 aliphatic heterocycles. The van der Waals surface area contributed by atoms with E-state index in [1.54, 1.807) is 30.3 Å². The van der Waals surface area contributed by atoms with Crippen LogP contribution in [0.3, 0.4) is 0 Å². The van der Waals surface area contributed by atoms with Crippen LogP contribution in [0.15, 0.2) is 76.8 Å². The van der Waals surface area contributed by atoms with Crippen molar-refractivity contribution in [2.45, 2.75) is 6.54 Å². The molecule has 0 saturated carbocycles. The Morgan fingerprint density at radius 3 is 2.48 bits per heavy atom. The third kappa shape index (κ3) is 5.58. The number of nitrogen functional groups attached to an aromatic ring is 1. The summed E-state index contributed by atoms with van der Waals surface area (Å²) < 4.78 is 11.8. The maximum absolute atomic E-state index is 13.4. The third-order valence-electron chi connectivity index (χ3n) is 4.90. The number of nitrogens with two attached hydrogens (primary N) is 1. The monoisotopic (exact) mass is 450 g/mol. The van der Waals surface area contributed by atoms with Crippen LogP contribution in [0.2, 0.25) is 0 Å². The number of nitrogens with zero attached hydrogens (tertiary/aromatic N) is 2. The smallest absolute Gasteiger partial charge is 0.330 e. The maximum Gasteiger partial charge on any atom is 0.330 e. The van der Waals surface area contributed by atoms with Crippen molar-refractivity contribution in [3.05, 3.63) is 99.2 Å². The van der Waals surface area contributed by atoms with E-state index in [9.17, 15) is 14.4 Å². The number of carbonyl (C=O) groups is 1. The standard InChI is InChI=1S/C24H26N4O5/c1-3-14-33-19-11-9-18(10-12-19)23(30)27(13-15-32-2)20-21(25)28(24(31)26-22(20)29)16-17-7-5-4-6-8-17/h3-12H,1,13-16,25H2,2H3,(H,26,29,31). The fraction of sp³-hybridized carbons (Fsp3) is 0.208. The number of aromatic amines is 1. The van der Waals surface area contributed by atoms with E-state index < -0.39 is 17.2 Å². The van der Waals surface area contributed by atoms with Crippen LogP contribution >= 0.6 is 0 Å². The van der Waals surface area contributed by atoms with Crippen molar-refractivity contribution in [2.75, 3.05) is 37.5 Å². The van der Waals surface area contributed by atoms with Crippen LogP contribution in [0, 0.1) is 0 Å². The van der Waals surface area contributed by atoms with Gasteiger partial charge in [-0.2, -0.15) is 0 Å². The minimum absolute atomic E-state index is 0.0564. The van der Waals surface area contributed by atoms with E-state index in [2.05, 4.69) is 11.6 Å². The van der Waals surface area contributed by atoms with E-state index in [1.165, 1.54) is 16.6 Å². The second-order valence-electron chi connectivity index (χ2n) is 7.14. The third-order valence-corrected chi connectivity index (χ3v) is 4.90. The number of nitrogens with one attached hydrogen (secondary N) is 1. The molecule has 9 nitrogen and oxygen atoms in total. The Morgan fingerprint density at radius 1 is 1.15 bits per heavy atom. The van der Waals surface area contributed by atoms with Gasteiger partial charge in [0.15, 0.2) is 5.69 Å². The summed E-state index contributed by atoms with van der Waals surface area (Å²) in [5, 5.41) is 0. The Balaban J connectivity index is 2.02. The summed E-state index contributed by atoms with van der Waals surface area (Å²) in [6, 6.07) is 15.7. The molecule has 0 aliphatic rings. The van der Waals surface area contributed by atoms with E-state index in [0.29, 0.717) is 17.9 Å². The van der Waals surface area contributed by atoms with Crippen LogP contribution in [0.25, 0.3) is 0 Å². The summed E-state index contributed by atoms with van der Waals surface area (Å²) in [5.74, 6) is -0.00362. The molecule has 1 heterocycles. The SMILES string of the molecule is C=CCOc1ccc(C(=O)N(CCOC)c2c(N)n(Cc3ccccc3)c(=O)[nH]c2=O)cc1. The van der Waals surface area contributed by atoms with Gasteiger partial charge < -0.3 is 15.2 Å². The fourth-order valence-corrected chi connectivity index (χ4v) is 3.26. The Morgan fingerprint density at radius 2 is 1.85 bits per heavy atom. The summed E-state index contributed by atoms with van der Waals surface area (Å²) in [5.41, 5.74) is 5.89. The van der Waals surface area contributed by atoms with E-state index >= 15 is 0 Å². The number of methoxy groups -OCH3 is 1. The van der Waals surface area contributed by atoms with Crippen molar-refractivity contribution >= 4 is 17.4 Å². The molecule has 9 heteroatoms. The quantitative estimate of drug-likeness (QED) is 0.456. The molecule has 2 aromatic carbocycles. The van der Waals surface area contributed by atoms with Gasteiger partial charge in [0, 0.05) is 19.2 Å². The van der Waals surface area contributed by atoms with Crippen LogP contribution in [-0.4, -0.2) is 42.3 Å². The molecule has 3 rings (SSSR count). The lowest BCUT2D eigenvalue weighted by molar-refractivity contribution is 0.0975. The average molecular weight is 450 g/mol. The van der Waals surface area contributed by atoms with Gasteiger partial charge in [-0.1, -0.05) is 43.0 Å². The first kappa shape index (κ1) is 23.6. The molecular weight excluding hydrogens is 424 g/mol. The molecule has 0 radical (unpaired) electrons. The van der Waals surface area contributed by atoms with Gasteiger partial charge >= 0.3 is 5.69 Å². The molecule has 3 N–H and O–H groups in total. The first-order valence-corrected chi connectivity index (χ1v) is 10.3. The number of amides is 1. The fourth-order valence-electron chi connectivity index (χ4n) is 3.26. The Bertz CT molecular complexity index is 1220. The lowest BCUT2D eigenvalue weighted by Gasteiger charge is -2.24. The highest BCUT2D eigenvalue weighted by Gasteiger charge is 2.25. The first-order valence-electron chi connectivity index (χ1n) is 10.3. The number of H-pyrrole nitrogens is 1. The molecule has 0 fully saturated rings. The highest BCUT2D eigenvalue weighted by atomic mass is 16.5. The molecule has 1 aromatic heterocycles. The second kappa shape index (κ2) is 11.0. The minimum Gasteiger partial charge on any atom is -0.490 e. The van der Waals surface area contributed by atoms with Crippen molar-refractivity contribution in [1.29, 1.82) is 0 Å². The number of hydrogen-bond acceptors (Lipinski definition) is 6. The number of ether oxygens (including phenoxy) is 2. The summed E-state index contributed by atoms with van der Waals surface area (Å²) in [6.07, 6.45) is 1.62. The van der Waals surface area contributed by atoms with Gasteiger partial charge in [-0.05, 0) is 29.8 Å². The minimum atomic E-state index is -0.753. The number of aromatic nitrogens is 2. The van der Waals surface area contributed by atoms with Gasteiger partial charge in [-0.15, -0.1) is 0 Å². The van der Waals surface area contributed by atoms with Gasteiger partial charge in [0.1, 0.15) is 18.2 Å². The van der Waals surface area contributed by atoms with Crippen molar-refractivity contribution in [3.8, 4) is 5.75 Å². The predicted molar refractivity (Wildman–Crippen MR) is 127 cm³/mol. The van der Waals surface area contributed by atoms with Gasteiger partial charge in [0.2, 0.25) is 0 Å². The van der Waals surface area contributed by atoms with Gasteiger partial charge in [0.25, 0.3) is 11.5 Å². The number of carbonyl (C=O) groups excluding carboxylic acids is 1. The van der Waals surface area contributed by atoms with Crippen LogP contribution in [-0.2, 0) is 11.3 Å². The van der Waals surface area contributed by atoms with Crippen LogP contribution in [0.4, 0.5) is 11.5 Å². The highest BCUT2D eigenvalue weighted by molar-refractivity contribution is 6.07. The summed E-state index contributed by atoms with van der Waals surface area (Å²) in [6.45, 7) is 4.28. The van der Waals surface area contributed by atoms with E-state index in [1.807, 2.05) is 30.3 Å². The van der Waals surface area contributed by atoms with Crippen LogP contribution in [0.1, 0.15) is 15.9 Å². The van der Waals surface area contributed by atoms with Crippen molar-refractivity contribution in [1.82, 2.24) is 9.55 Å². The number of rotatable bonds is 10. The zero-order valence-corrected chi connectivity index (χ0v) is 18.3. The molecule has 0 bridgehead atoms. The zero-order chi connectivity index (χ0) is 23.8. The van der Waals surface area contributed by atoms with Gasteiger partial charge in [0.05, 0.1) is 13.2 Å². The summed E-state index contributed by atoms with van der Waals surface area (Å²) >= 11 is 0. The van der Waals surface area contributed by atoms with E-state index in [4.69, 9.17) is 15.2 Å². The summed E-state index contributed by atoms with van der Waals surface area (Å²) in [7, 11) is 1.48. The molecular formula is C24H26N4O5. The Kier molecular flexibility index (Phi) is 7.82. The Hall–Kier alpha value is -4.11. The molecule has 0 unspecified atom stereocenters. The van der Waals surface area contributed by atoms with Crippen LogP contribution < -0.4 is 26.6 Å². The maximum atomic E-state index is 13.4. The Labute approximate surface area is 190 Å². The van der Waals surface area contributed by atoms with Crippen LogP contribution in [0.5, 0.6) is 5.75 Å². The average Bonchev–Trinajstić information content (AvgIpc) is 2.83. The lowest BCUT2D eigenvalue weighted by Crippen LogP contribution is -2.42. The predicted octanol–water partition coefficient (Wildman–Crippen LogP) is 2.03. The second-order valence-corrected chi connectivity index (χ2v) is 7.14. The molecule has 0 spiro atoms. The van der Waals surface area contributed by atoms with Crippen molar-refractivity contribution in [2.24, 2.45) is 0 Å². The van der Waals surface area contributed by atoms with Gasteiger partial charge in [-0.25, -0.2) is 4.79 Å². The highest BCUT2D eigenvalue weighted by Crippen LogP contribution is 2.21. The van der Waals surface area contributed by atoms with Crippen molar-refractivity contribution in [3.63, 3.8) is 0 Å². The first-order chi connectivity index (χ1) is 16.0. The molecule has 0 atom stereocenters. The topological polar surface area (TPSA) is 120 Å². The van der Waals surface area contributed by atoms with Gasteiger partial charge in [-0.3, -0.25) is 24.0 Å². The van der Waals surface area contributed by atoms with E-state index in [0.717, 1.165) is 5.56 Å². The molecule has 1 amide bonds. The summed E-state index contributed by atoms with van der Waals surface area (Å²) in [4.78, 5) is 42.1. The van der Waals surface area contributed by atoms with E-state index in [-0.39, 0.29) is 31.2 Å². The molecule has 33 heavy (non-hydrogen) atoms. The van der Waals surface area contributed by atoms with Crippen molar-refractivity contribution < 1.29 is 14.3 Å². The molecule has 3 aromatic rings. The molecule has 0 saturated heterocycles. The zero-order valence-electron chi connectivity index (χ0n) is 18.3.